The first kappa shape index (κ1) is 33.0. The summed E-state index contributed by atoms with van der Waals surface area (Å²) >= 11 is 0. The van der Waals surface area contributed by atoms with Crippen molar-refractivity contribution in [2.75, 3.05) is 13.7 Å². The molecule has 3 rings (SSSR count). The third kappa shape index (κ3) is 10.4. The smallest absolute Gasteiger partial charge is 0.255 e. The SMILES string of the molecule is C=C(C)C(C)C1CCC(CNC(=O)c2ccccc2OC)(c2ccccc2)CC1.CC#N.CCCCCC. The van der Waals surface area contributed by atoms with Crippen molar-refractivity contribution in [3.05, 3.63) is 77.9 Å². The van der Waals surface area contributed by atoms with E-state index < -0.39 is 0 Å². The fourth-order valence-corrected chi connectivity index (χ4v) is 5.13. The molecule has 4 heteroatoms. The first-order valence-electron chi connectivity index (χ1n) is 14.2. The molecule has 1 amide bonds. The minimum atomic E-state index is -0.0739. The summed E-state index contributed by atoms with van der Waals surface area (Å²) in [5, 5.41) is 10.5. The van der Waals surface area contributed by atoms with Gasteiger partial charge in [0.15, 0.2) is 0 Å². The minimum Gasteiger partial charge on any atom is -0.496 e. The van der Waals surface area contributed by atoms with Crippen LogP contribution in [0.5, 0.6) is 5.75 Å². The largest absolute Gasteiger partial charge is 0.496 e. The quantitative estimate of drug-likeness (QED) is 0.252. The van der Waals surface area contributed by atoms with Gasteiger partial charge >= 0.3 is 0 Å². The number of amides is 1. The van der Waals surface area contributed by atoms with Gasteiger partial charge < -0.3 is 10.1 Å². The third-order valence-electron chi connectivity index (χ3n) is 7.75. The molecule has 0 saturated heterocycles. The maximum Gasteiger partial charge on any atom is 0.255 e. The summed E-state index contributed by atoms with van der Waals surface area (Å²) < 4.78 is 5.36. The van der Waals surface area contributed by atoms with Gasteiger partial charge in [0, 0.05) is 18.9 Å². The number of para-hydroxylation sites is 1. The molecule has 1 aliphatic carbocycles. The Bertz CT molecular complexity index is 981. The molecule has 4 nitrogen and oxygen atoms in total. The van der Waals surface area contributed by atoms with Crippen molar-refractivity contribution in [3.63, 3.8) is 0 Å². The van der Waals surface area contributed by atoms with Gasteiger partial charge in [-0.05, 0) is 62.1 Å². The van der Waals surface area contributed by atoms with Crippen LogP contribution in [0, 0.1) is 23.2 Å². The zero-order chi connectivity index (χ0) is 28.4. The number of ether oxygens (including phenoxy) is 1. The van der Waals surface area contributed by atoms with Crippen LogP contribution in [0.2, 0.25) is 0 Å². The molecule has 1 saturated carbocycles. The number of rotatable bonds is 10. The Morgan fingerprint density at radius 1 is 1.08 bits per heavy atom. The molecule has 1 aliphatic rings. The van der Waals surface area contributed by atoms with Crippen molar-refractivity contribution in [1.29, 1.82) is 5.26 Å². The summed E-state index contributed by atoms with van der Waals surface area (Å²) in [4.78, 5) is 12.9. The van der Waals surface area contributed by atoms with Gasteiger partial charge in [0.25, 0.3) is 5.91 Å². The summed E-state index contributed by atoms with van der Waals surface area (Å²) in [6.07, 6.45) is 10.0. The zero-order valence-electron chi connectivity index (χ0n) is 24.7. The molecule has 2 aromatic rings. The molecule has 1 fully saturated rings. The predicted molar refractivity (Wildman–Crippen MR) is 160 cm³/mol. The molecule has 0 aliphatic heterocycles. The van der Waals surface area contributed by atoms with E-state index in [1.54, 1.807) is 13.2 Å². The average molecular weight is 519 g/mol. The van der Waals surface area contributed by atoms with Gasteiger partial charge in [-0.25, -0.2) is 0 Å². The summed E-state index contributed by atoms with van der Waals surface area (Å²) in [5.41, 5.74) is 3.15. The van der Waals surface area contributed by atoms with Crippen LogP contribution in [0.15, 0.2) is 66.7 Å². The number of hydrogen-bond donors (Lipinski definition) is 1. The van der Waals surface area contributed by atoms with Gasteiger partial charge in [0.1, 0.15) is 5.75 Å². The standard InChI is InChI=1S/C26H33NO2.C6H14.C2H3N/c1-19(2)20(3)21-14-16-26(17-15-21,22-10-6-5-7-11-22)18-27-25(28)23-12-8-9-13-24(23)29-4;1-3-5-6-4-2;1-2-3/h5-13,20-21H,1,14-18H2,2-4H3,(H,27,28);3-6H2,1-2H3;1H3. The van der Waals surface area contributed by atoms with Crippen LogP contribution in [-0.4, -0.2) is 19.6 Å². The number of hydrogen-bond acceptors (Lipinski definition) is 3. The predicted octanol–water partition coefficient (Wildman–Crippen LogP) is 8.88. The molecule has 0 bridgehead atoms. The van der Waals surface area contributed by atoms with Crippen molar-refractivity contribution < 1.29 is 9.53 Å². The number of methoxy groups -OCH3 is 1. The monoisotopic (exact) mass is 518 g/mol. The van der Waals surface area contributed by atoms with E-state index in [1.807, 2.05) is 24.3 Å². The van der Waals surface area contributed by atoms with E-state index in [1.165, 1.54) is 43.7 Å². The fourth-order valence-electron chi connectivity index (χ4n) is 5.13. The van der Waals surface area contributed by atoms with Gasteiger partial charge in [-0.2, -0.15) is 5.26 Å². The Hall–Kier alpha value is -3.06. The van der Waals surface area contributed by atoms with Crippen molar-refractivity contribution in [2.24, 2.45) is 11.8 Å². The van der Waals surface area contributed by atoms with Crippen molar-refractivity contribution >= 4 is 5.91 Å². The second-order valence-electron chi connectivity index (χ2n) is 10.4. The molecule has 0 aromatic heterocycles. The zero-order valence-corrected chi connectivity index (χ0v) is 24.7. The summed E-state index contributed by atoms with van der Waals surface area (Å²) in [6, 6.07) is 19.8. The topological polar surface area (TPSA) is 62.1 Å². The highest BCUT2D eigenvalue weighted by molar-refractivity contribution is 5.96. The van der Waals surface area contributed by atoms with Gasteiger partial charge in [0.2, 0.25) is 0 Å². The normalized spacial score (nSPS) is 18.8. The van der Waals surface area contributed by atoms with Gasteiger partial charge in [0.05, 0.1) is 18.7 Å². The van der Waals surface area contributed by atoms with Crippen LogP contribution in [0.1, 0.15) is 102 Å². The van der Waals surface area contributed by atoms with Crippen molar-refractivity contribution in [2.45, 2.75) is 91.4 Å². The molecule has 38 heavy (non-hydrogen) atoms. The van der Waals surface area contributed by atoms with Crippen LogP contribution in [0.4, 0.5) is 0 Å². The van der Waals surface area contributed by atoms with E-state index in [-0.39, 0.29) is 11.3 Å². The lowest BCUT2D eigenvalue weighted by molar-refractivity contribution is 0.0926. The number of nitrogens with zero attached hydrogens (tertiary/aromatic N) is 1. The van der Waals surface area contributed by atoms with Gasteiger partial charge in [-0.15, -0.1) is 0 Å². The highest BCUT2D eigenvalue weighted by Crippen LogP contribution is 2.44. The number of carbonyl (C=O) groups excluding carboxylic acids is 1. The molecule has 2 aromatic carbocycles. The lowest BCUT2D eigenvalue weighted by atomic mass is 9.64. The molecule has 1 atom stereocenters. The summed E-state index contributed by atoms with van der Waals surface area (Å²) in [5.74, 6) is 1.76. The van der Waals surface area contributed by atoms with Crippen LogP contribution in [0.25, 0.3) is 0 Å². The summed E-state index contributed by atoms with van der Waals surface area (Å²) in [6.45, 7) is 15.1. The van der Waals surface area contributed by atoms with Crippen molar-refractivity contribution in [3.8, 4) is 11.8 Å². The summed E-state index contributed by atoms with van der Waals surface area (Å²) in [7, 11) is 1.60. The maximum absolute atomic E-state index is 12.9. The van der Waals surface area contributed by atoms with Crippen LogP contribution in [-0.2, 0) is 5.41 Å². The van der Waals surface area contributed by atoms with Crippen molar-refractivity contribution in [1.82, 2.24) is 5.32 Å². The Kier molecular flexibility index (Phi) is 15.8. The molecule has 1 unspecified atom stereocenters. The average Bonchev–Trinajstić information content (AvgIpc) is 2.95. The first-order valence-corrected chi connectivity index (χ1v) is 14.2. The minimum absolute atomic E-state index is 0.0236. The third-order valence-corrected chi connectivity index (χ3v) is 7.75. The maximum atomic E-state index is 12.9. The van der Waals surface area contributed by atoms with E-state index in [4.69, 9.17) is 10.00 Å². The number of allylic oxidation sites excluding steroid dienone is 1. The molecule has 1 N–H and O–H groups in total. The van der Waals surface area contributed by atoms with E-state index >= 15 is 0 Å². The number of nitrogens with one attached hydrogen (secondary N) is 1. The first-order chi connectivity index (χ1) is 18.3. The number of carbonyl (C=O) groups is 1. The Morgan fingerprint density at radius 3 is 2.11 bits per heavy atom. The van der Waals surface area contributed by atoms with Gasteiger partial charge in [-0.1, -0.05) is 101 Å². The van der Waals surface area contributed by atoms with Crippen LogP contribution >= 0.6 is 0 Å². The van der Waals surface area contributed by atoms with E-state index in [2.05, 4.69) is 69.9 Å². The lowest BCUT2D eigenvalue weighted by Crippen LogP contribution is -2.44. The molecule has 0 radical (unpaired) electrons. The molecule has 208 valence electrons. The Morgan fingerprint density at radius 2 is 1.61 bits per heavy atom. The number of nitriles is 1. The van der Waals surface area contributed by atoms with E-state index in [9.17, 15) is 4.79 Å². The van der Waals surface area contributed by atoms with E-state index in [0.29, 0.717) is 29.7 Å². The second kappa shape index (κ2) is 18.2. The molecule has 0 heterocycles. The number of unbranched alkanes of at least 4 members (excludes halogenated alkanes) is 3. The second-order valence-corrected chi connectivity index (χ2v) is 10.4. The molecule has 0 spiro atoms. The highest BCUT2D eigenvalue weighted by Gasteiger charge is 2.38. The number of benzene rings is 2. The van der Waals surface area contributed by atoms with Crippen LogP contribution in [0.3, 0.4) is 0 Å². The van der Waals surface area contributed by atoms with Crippen LogP contribution < -0.4 is 10.1 Å². The molecular weight excluding hydrogens is 468 g/mol. The van der Waals surface area contributed by atoms with E-state index in [0.717, 1.165) is 25.7 Å². The lowest BCUT2D eigenvalue weighted by Gasteiger charge is -2.42. The fraction of sp³-hybridized carbons (Fsp3) is 0.529. The highest BCUT2D eigenvalue weighted by atomic mass is 16.5. The Labute approximate surface area is 232 Å². The van der Waals surface area contributed by atoms with Gasteiger partial charge in [-0.3, -0.25) is 4.79 Å². The Balaban J connectivity index is 0.000000695. The molecular formula is C34H50N2O2.